The zero-order chi connectivity index (χ0) is 13.8. The van der Waals surface area contributed by atoms with E-state index in [4.69, 9.17) is 0 Å². The van der Waals surface area contributed by atoms with Crippen LogP contribution in [0, 0.1) is 0 Å². The van der Waals surface area contributed by atoms with Crippen molar-refractivity contribution in [2.75, 3.05) is 18.0 Å². The van der Waals surface area contributed by atoms with Gasteiger partial charge in [0.1, 0.15) is 0 Å². The van der Waals surface area contributed by atoms with Crippen LogP contribution in [-0.2, 0) is 6.54 Å². The number of nitrogens with zero attached hydrogens (tertiary/aromatic N) is 4. The van der Waals surface area contributed by atoms with Crippen molar-refractivity contribution in [3.05, 3.63) is 35.7 Å². The van der Waals surface area contributed by atoms with Gasteiger partial charge in [0.05, 0.1) is 6.04 Å². The third-order valence-electron chi connectivity index (χ3n) is 3.77. The molecule has 1 atom stereocenters. The van der Waals surface area contributed by atoms with Gasteiger partial charge in [-0.2, -0.15) is 5.21 Å². The second-order valence-corrected chi connectivity index (χ2v) is 5.23. The first-order valence-electron chi connectivity index (χ1n) is 7.13. The minimum absolute atomic E-state index is 0.0898. The molecule has 1 fully saturated rings. The molecule has 2 N–H and O–H groups in total. The van der Waals surface area contributed by atoms with E-state index >= 15 is 0 Å². The van der Waals surface area contributed by atoms with Crippen LogP contribution in [0.5, 0.6) is 0 Å². The molecule has 1 saturated heterocycles. The molecule has 20 heavy (non-hydrogen) atoms. The highest BCUT2D eigenvalue weighted by molar-refractivity contribution is 5.48. The highest BCUT2D eigenvalue weighted by Gasteiger charge is 2.12. The molecule has 0 aliphatic carbocycles. The fraction of sp³-hybridized carbons (Fsp3) is 0.500. The number of aromatic amines is 1. The van der Waals surface area contributed by atoms with Crippen LogP contribution in [0.4, 0.5) is 5.69 Å². The van der Waals surface area contributed by atoms with Gasteiger partial charge in [0, 0.05) is 25.3 Å². The van der Waals surface area contributed by atoms with Gasteiger partial charge in [-0.3, -0.25) is 0 Å². The van der Waals surface area contributed by atoms with Gasteiger partial charge in [-0.25, -0.2) is 0 Å². The molecule has 1 aromatic heterocycles. The lowest BCUT2D eigenvalue weighted by molar-refractivity contribution is 0.547. The Morgan fingerprint density at radius 3 is 2.65 bits per heavy atom. The Morgan fingerprint density at radius 2 is 2.00 bits per heavy atom. The van der Waals surface area contributed by atoms with Crippen molar-refractivity contribution >= 4 is 5.69 Å². The van der Waals surface area contributed by atoms with Gasteiger partial charge in [-0.15, -0.1) is 10.2 Å². The zero-order valence-corrected chi connectivity index (χ0v) is 11.7. The average Bonchev–Trinajstić information content (AvgIpc) is 3.18. The van der Waals surface area contributed by atoms with Gasteiger partial charge in [-0.05, 0) is 37.5 Å². The first-order chi connectivity index (χ1) is 9.83. The van der Waals surface area contributed by atoms with E-state index in [2.05, 4.69) is 55.1 Å². The Labute approximate surface area is 118 Å². The predicted octanol–water partition coefficient (Wildman–Crippen LogP) is 1.65. The number of nitrogens with one attached hydrogen (secondary N) is 2. The molecular formula is C14H20N6. The third kappa shape index (κ3) is 2.96. The van der Waals surface area contributed by atoms with Crippen LogP contribution in [-0.4, -0.2) is 33.7 Å². The van der Waals surface area contributed by atoms with Crippen LogP contribution in [0.2, 0.25) is 0 Å². The largest absolute Gasteiger partial charge is 0.372 e. The van der Waals surface area contributed by atoms with Crippen LogP contribution in [0.15, 0.2) is 24.3 Å². The maximum atomic E-state index is 3.98. The Kier molecular flexibility index (Phi) is 3.92. The number of H-pyrrole nitrogens is 1. The normalized spacial score (nSPS) is 16.6. The van der Waals surface area contributed by atoms with Gasteiger partial charge in [0.25, 0.3) is 0 Å². The van der Waals surface area contributed by atoms with Gasteiger partial charge in [0.2, 0.25) is 0 Å². The van der Waals surface area contributed by atoms with E-state index in [1.165, 1.54) is 37.2 Å². The zero-order valence-electron chi connectivity index (χ0n) is 11.7. The first kappa shape index (κ1) is 13.1. The monoisotopic (exact) mass is 272 g/mol. The van der Waals surface area contributed by atoms with E-state index in [1.54, 1.807) is 0 Å². The van der Waals surface area contributed by atoms with E-state index < -0.39 is 0 Å². The van der Waals surface area contributed by atoms with Crippen molar-refractivity contribution in [2.24, 2.45) is 0 Å². The van der Waals surface area contributed by atoms with Crippen LogP contribution < -0.4 is 10.2 Å². The summed E-state index contributed by atoms with van der Waals surface area (Å²) in [6.07, 6.45) is 2.62. The number of anilines is 1. The lowest BCUT2D eigenvalue weighted by Crippen LogP contribution is -2.20. The quantitative estimate of drug-likeness (QED) is 0.866. The van der Waals surface area contributed by atoms with Crippen molar-refractivity contribution in [2.45, 2.75) is 32.4 Å². The highest BCUT2D eigenvalue weighted by Crippen LogP contribution is 2.20. The van der Waals surface area contributed by atoms with E-state index in [0.717, 1.165) is 6.54 Å². The standard InChI is InChI=1S/C14H20N6/c1-11(14-16-18-19-17-14)15-10-12-4-6-13(7-5-12)20-8-2-3-9-20/h4-7,11,15H,2-3,8-10H2,1H3,(H,16,17,18,19). The predicted molar refractivity (Wildman–Crippen MR) is 77.3 cm³/mol. The molecular weight excluding hydrogens is 252 g/mol. The Hall–Kier alpha value is -1.95. The molecule has 1 unspecified atom stereocenters. The summed E-state index contributed by atoms with van der Waals surface area (Å²) in [5.74, 6) is 0.693. The summed E-state index contributed by atoms with van der Waals surface area (Å²) in [6, 6.07) is 8.88. The van der Waals surface area contributed by atoms with Gasteiger partial charge < -0.3 is 10.2 Å². The van der Waals surface area contributed by atoms with Gasteiger partial charge in [-0.1, -0.05) is 17.3 Å². The van der Waals surface area contributed by atoms with E-state index in [9.17, 15) is 0 Å². The van der Waals surface area contributed by atoms with Crippen molar-refractivity contribution in [3.8, 4) is 0 Å². The van der Waals surface area contributed by atoms with Gasteiger partial charge >= 0.3 is 0 Å². The fourth-order valence-corrected chi connectivity index (χ4v) is 2.52. The van der Waals surface area contributed by atoms with Crippen LogP contribution >= 0.6 is 0 Å². The van der Waals surface area contributed by atoms with E-state index in [-0.39, 0.29) is 6.04 Å². The third-order valence-corrected chi connectivity index (χ3v) is 3.77. The molecule has 0 radical (unpaired) electrons. The summed E-state index contributed by atoms with van der Waals surface area (Å²) < 4.78 is 0. The summed E-state index contributed by atoms with van der Waals surface area (Å²) in [7, 11) is 0. The fourth-order valence-electron chi connectivity index (χ4n) is 2.52. The number of hydrogen-bond acceptors (Lipinski definition) is 5. The molecule has 1 aliphatic heterocycles. The van der Waals surface area contributed by atoms with Crippen LogP contribution in [0.3, 0.4) is 0 Å². The Morgan fingerprint density at radius 1 is 1.25 bits per heavy atom. The second-order valence-electron chi connectivity index (χ2n) is 5.23. The molecule has 0 saturated carbocycles. The maximum Gasteiger partial charge on any atom is 0.191 e. The molecule has 106 valence electrons. The van der Waals surface area contributed by atoms with E-state index in [1.807, 2.05) is 6.92 Å². The summed E-state index contributed by atoms with van der Waals surface area (Å²) >= 11 is 0. The van der Waals surface area contributed by atoms with Crippen molar-refractivity contribution in [1.29, 1.82) is 0 Å². The highest BCUT2D eigenvalue weighted by atomic mass is 15.5. The average molecular weight is 272 g/mol. The number of hydrogen-bond donors (Lipinski definition) is 2. The smallest absolute Gasteiger partial charge is 0.191 e. The molecule has 2 heterocycles. The van der Waals surface area contributed by atoms with Crippen molar-refractivity contribution < 1.29 is 0 Å². The SMILES string of the molecule is CC(NCc1ccc(N2CCCC2)cc1)c1nn[nH]n1. The summed E-state index contributed by atoms with van der Waals surface area (Å²) in [6.45, 7) is 5.21. The molecule has 0 bridgehead atoms. The molecule has 1 aliphatic rings. The summed E-state index contributed by atoms with van der Waals surface area (Å²) in [5.41, 5.74) is 2.60. The molecule has 6 heteroatoms. The molecule has 0 spiro atoms. The minimum atomic E-state index is 0.0898. The maximum absolute atomic E-state index is 3.98. The summed E-state index contributed by atoms with van der Waals surface area (Å²) in [5, 5.41) is 17.4. The van der Waals surface area contributed by atoms with Crippen LogP contribution in [0.1, 0.15) is 37.2 Å². The topological polar surface area (TPSA) is 69.7 Å². The number of benzene rings is 1. The van der Waals surface area contributed by atoms with Gasteiger partial charge in [0.15, 0.2) is 5.82 Å². The number of aromatic nitrogens is 4. The second kappa shape index (κ2) is 6.00. The minimum Gasteiger partial charge on any atom is -0.372 e. The molecule has 1 aromatic carbocycles. The van der Waals surface area contributed by atoms with Crippen molar-refractivity contribution in [1.82, 2.24) is 25.9 Å². The molecule has 0 amide bonds. The lowest BCUT2D eigenvalue weighted by atomic mass is 10.2. The molecule has 2 aromatic rings. The van der Waals surface area contributed by atoms with Crippen LogP contribution in [0.25, 0.3) is 0 Å². The molecule has 3 rings (SSSR count). The number of tetrazole rings is 1. The Bertz CT molecular complexity index is 515. The lowest BCUT2D eigenvalue weighted by Gasteiger charge is -2.18. The van der Waals surface area contributed by atoms with E-state index in [0.29, 0.717) is 5.82 Å². The Balaban J connectivity index is 1.55. The molecule has 6 nitrogen and oxygen atoms in total. The summed E-state index contributed by atoms with van der Waals surface area (Å²) in [4.78, 5) is 2.44. The first-order valence-corrected chi connectivity index (χ1v) is 7.13. The number of rotatable bonds is 5. The van der Waals surface area contributed by atoms with Crippen molar-refractivity contribution in [3.63, 3.8) is 0 Å².